The molecule has 0 unspecified atom stereocenters. The quantitative estimate of drug-likeness (QED) is 0.415. The zero-order chi connectivity index (χ0) is 19.5. The van der Waals surface area contributed by atoms with Crippen LogP contribution in [0.3, 0.4) is 0 Å². The summed E-state index contributed by atoms with van der Waals surface area (Å²) in [7, 11) is 0. The second-order valence-electron chi connectivity index (χ2n) is 7.48. The van der Waals surface area contributed by atoms with E-state index in [-0.39, 0.29) is 29.8 Å². The van der Waals surface area contributed by atoms with E-state index in [4.69, 9.17) is 0 Å². The maximum absolute atomic E-state index is 13.4. The summed E-state index contributed by atoms with van der Waals surface area (Å²) in [5.74, 6) is 0.108. The van der Waals surface area contributed by atoms with Crippen LogP contribution in [-0.4, -0.2) is 30.3 Å². The van der Waals surface area contributed by atoms with Crippen LogP contribution >= 0.6 is 23.7 Å². The fourth-order valence-electron chi connectivity index (χ4n) is 4.05. The lowest BCUT2D eigenvalue weighted by Crippen LogP contribution is -2.33. The highest BCUT2D eigenvalue weighted by Gasteiger charge is 2.23. The minimum atomic E-state index is -0.317. The summed E-state index contributed by atoms with van der Waals surface area (Å²) in [4.78, 5) is 14.6. The van der Waals surface area contributed by atoms with Gasteiger partial charge in [0.15, 0.2) is 5.78 Å². The molecule has 1 aromatic heterocycles. The van der Waals surface area contributed by atoms with Crippen LogP contribution in [0.5, 0.6) is 0 Å². The Labute approximate surface area is 179 Å². The molecule has 2 heterocycles. The molecule has 6 heteroatoms. The van der Waals surface area contributed by atoms with Crippen LogP contribution in [-0.2, 0) is 0 Å². The zero-order valence-corrected chi connectivity index (χ0v) is 17.7. The number of ketones is 1. The van der Waals surface area contributed by atoms with Crippen molar-refractivity contribution in [3.8, 4) is 0 Å². The SMILES string of the molecule is Cl.O=C(CCCN1CCC(c2csc3cc(F)ccc23)CC1)c1ccc(F)cc1. The first-order chi connectivity index (χ1) is 13.6. The highest BCUT2D eigenvalue weighted by Crippen LogP contribution is 2.37. The fourth-order valence-corrected chi connectivity index (χ4v) is 5.12. The number of rotatable bonds is 6. The van der Waals surface area contributed by atoms with Gasteiger partial charge in [-0.05, 0) is 97.5 Å². The smallest absolute Gasteiger partial charge is 0.162 e. The molecular weight excluding hydrogens is 412 g/mol. The molecule has 0 spiro atoms. The first-order valence-electron chi connectivity index (χ1n) is 9.78. The molecule has 0 aliphatic carbocycles. The summed E-state index contributed by atoms with van der Waals surface area (Å²) < 4.78 is 27.4. The second-order valence-corrected chi connectivity index (χ2v) is 8.39. The molecule has 2 nitrogen and oxygen atoms in total. The predicted molar refractivity (Wildman–Crippen MR) is 117 cm³/mol. The number of fused-ring (bicyclic) bond motifs is 1. The van der Waals surface area contributed by atoms with E-state index in [1.807, 2.05) is 6.07 Å². The second kappa shape index (κ2) is 9.79. The molecule has 0 bridgehead atoms. The molecule has 0 radical (unpaired) electrons. The number of Topliss-reactive ketones (excluding diaryl/α,β-unsaturated/α-hetero) is 1. The van der Waals surface area contributed by atoms with Crippen LogP contribution in [0.25, 0.3) is 10.1 Å². The highest BCUT2D eigenvalue weighted by atomic mass is 35.5. The normalized spacial score (nSPS) is 15.4. The average molecular weight is 436 g/mol. The molecule has 1 aliphatic rings. The standard InChI is InChI=1S/C23H23F2NOS.ClH/c24-18-5-3-17(4-6-18)22(27)2-1-11-26-12-9-16(10-13-26)21-15-28-23-14-19(25)7-8-20(21)23;/h3-8,14-16H,1-2,9-13H2;1H. The van der Waals surface area contributed by atoms with Crippen molar-refractivity contribution in [3.05, 3.63) is 70.6 Å². The van der Waals surface area contributed by atoms with Gasteiger partial charge < -0.3 is 4.90 Å². The maximum Gasteiger partial charge on any atom is 0.162 e. The largest absolute Gasteiger partial charge is 0.303 e. The monoisotopic (exact) mass is 435 g/mol. The summed E-state index contributed by atoms with van der Waals surface area (Å²) in [6.07, 6.45) is 3.50. The van der Waals surface area contributed by atoms with Crippen LogP contribution in [0, 0.1) is 11.6 Å². The van der Waals surface area contributed by atoms with Crippen molar-refractivity contribution in [1.82, 2.24) is 4.90 Å². The van der Waals surface area contributed by atoms with E-state index in [1.54, 1.807) is 35.6 Å². The van der Waals surface area contributed by atoms with E-state index in [2.05, 4.69) is 10.3 Å². The summed E-state index contributed by atoms with van der Waals surface area (Å²) in [6.45, 7) is 2.96. The lowest BCUT2D eigenvalue weighted by molar-refractivity contribution is 0.0972. The average Bonchev–Trinajstić information content (AvgIpc) is 3.12. The maximum atomic E-state index is 13.4. The van der Waals surface area contributed by atoms with E-state index in [9.17, 15) is 13.6 Å². The first-order valence-corrected chi connectivity index (χ1v) is 10.7. The van der Waals surface area contributed by atoms with E-state index < -0.39 is 0 Å². The van der Waals surface area contributed by atoms with E-state index in [0.717, 1.165) is 43.6 Å². The third kappa shape index (κ3) is 5.21. The third-order valence-electron chi connectivity index (χ3n) is 5.64. The van der Waals surface area contributed by atoms with Gasteiger partial charge in [0.25, 0.3) is 0 Å². The fraction of sp³-hybridized carbons (Fsp3) is 0.348. The molecule has 1 aliphatic heterocycles. The number of hydrogen-bond acceptors (Lipinski definition) is 3. The molecule has 1 saturated heterocycles. The van der Waals surface area contributed by atoms with Crippen LogP contribution in [0.15, 0.2) is 47.8 Å². The van der Waals surface area contributed by atoms with Gasteiger partial charge in [-0.1, -0.05) is 6.07 Å². The van der Waals surface area contributed by atoms with Gasteiger partial charge in [0.05, 0.1) is 0 Å². The molecule has 29 heavy (non-hydrogen) atoms. The summed E-state index contributed by atoms with van der Waals surface area (Å²) in [5, 5.41) is 3.38. The number of benzene rings is 2. The Morgan fingerprint density at radius 3 is 2.45 bits per heavy atom. The number of nitrogens with zero attached hydrogens (tertiary/aromatic N) is 1. The van der Waals surface area contributed by atoms with Gasteiger partial charge in [-0.25, -0.2) is 8.78 Å². The van der Waals surface area contributed by atoms with Gasteiger partial charge in [-0.15, -0.1) is 23.7 Å². The minimum absolute atomic E-state index is 0. The van der Waals surface area contributed by atoms with Crippen molar-refractivity contribution in [1.29, 1.82) is 0 Å². The molecule has 0 saturated carbocycles. The number of likely N-dealkylation sites (tertiary alicyclic amines) is 1. The molecule has 2 aromatic carbocycles. The molecule has 1 fully saturated rings. The summed E-state index contributed by atoms with van der Waals surface area (Å²) in [6, 6.07) is 10.9. The first kappa shape index (κ1) is 21.9. The molecule has 0 N–H and O–H groups in total. The van der Waals surface area contributed by atoms with E-state index in [1.165, 1.54) is 23.1 Å². The number of hydrogen-bond donors (Lipinski definition) is 0. The number of thiophene rings is 1. The van der Waals surface area contributed by atoms with Crippen molar-refractivity contribution < 1.29 is 13.6 Å². The predicted octanol–water partition coefficient (Wildman–Crippen LogP) is 6.44. The topological polar surface area (TPSA) is 20.3 Å². The molecule has 4 rings (SSSR count). The van der Waals surface area contributed by atoms with Gasteiger partial charge in [0, 0.05) is 16.7 Å². The van der Waals surface area contributed by atoms with E-state index in [0.29, 0.717) is 17.9 Å². The lowest BCUT2D eigenvalue weighted by Gasteiger charge is -2.32. The van der Waals surface area contributed by atoms with Crippen LogP contribution < -0.4 is 0 Å². The zero-order valence-electron chi connectivity index (χ0n) is 16.1. The van der Waals surface area contributed by atoms with Crippen molar-refractivity contribution in [3.63, 3.8) is 0 Å². The van der Waals surface area contributed by atoms with Gasteiger partial charge in [-0.3, -0.25) is 4.79 Å². The van der Waals surface area contributed by atoms with Crippen LogP contribution in [0.1, 0.15) is 47.5 Å². The number of piperidine rings is 1. The van der Waals surface area contributed by atoms with Gasteiger partial charge in [0.2, 0.25) is 0 Å². The Hall–Kier alpha value is -1.82. The van der Waals surface area contributed by atoms with Crippen LogP contribution in [0.2, 0.25) is 0 Å². The summed E-state index contributed by atoms with van der Waals surface area (Å²) in [5.41, 5.74) is 1.94. The highest BCUT2D eigenvalue weighted by molar-refractivity contribution is 7.17. The molecule has 3 aromatic rings. The number of carbonyl (C=O) groups is 1. The van der Waals surface area contributed by atoms with Crippen molar-refractivity contribution in [2.24, 2.45) is 0 Å². The van der Waals surface area contributed by atoms with Gasteiger partial charge >= 0.3 is 0 Å². The number of carbonyl (C=O) groups excluding carboxylic acids is 1. The Kier molecular flexibility index (Phi) is 7.38. The van der Waals surface area contributed by atoms with Crippen molar-refractivity contribution >= 4 is 39.6 Å². The Balaban J connectivity index is 0.00000240. The Morgan fingerprint density at radius 2 is 1.72 bits per heavy atom. The van der Waals surface area contributed by atoms with Gasteiger partial charge in [0.1, 0.15) is 11.6 Å². The third-order valence-corrected chi connectivity index (χ3v) is 6.60. The molecule has 0 atom stereocenters. The van der Waals surface area contributed by atoms with E-state index >= 15 is 0 Å². The lowest BCUT2D eigenvalue weighted by atomic mass is 9.89. The van der Waals surface area contributed by atoms with Crippen LogP contribution in [0.4, 0.5) is 8.78 Å². The Morgan fingerprint density at radius 1 is 1.03 bits per heavy atom. The Bertz CT molecular complexity index is 965. The summed E-state index contributed by atoms with van der Waals surface area (Å²) >= 11 is 1.62. The molecule has 0 amide bonds. The molecule has 154 valence electrons. The van der Waals surface area contributed by atoms with Crippen molar-refractivity contribution in [2.45, 2.75) is 31.6 Å². The number of halogens is 3. The minimum Gasteiger partial charge on any atom is -0.303 e. The van der Waals surface area contributed by atoms with Crippen molar-refractivity contribution in [2.75, 3.05) is 19.6 Å². The van der Waals surface area contributed by atoms with Gasteiger partial charge in [-0.2, -0.15) is 0 Å². The molecular formula is C23H24ClF2NOS.